The molecule has 44 heavy (non-hydrogen) atoms. The number of rotatable bonds is 3. The number of esters is 1. The molecule has 0 amide bonds. The standard InChI is InChI=1S/C38H32N4O2/c1-22-18-23(2)35(24(3)19-22)37-33-16-11-28(40-33)20-27-10-14-31(39-27)36(25-6-8-26(9-7-25)38(43)44-5)32-15-12-29(41-32)21-30-13-17-34(37)42(30)4/h6-21,39H,1-5H3. The second-order valence-corrected chi connectivity index (χ2v) is 11.4. The van der Waals surface area contributed by atoms with Gasteiger partial charge in [-0.1, -0.05) is 29.8 Å². The first-order valence-corrected chi connectivity index (χ1v) is 14.6. The summed E-state index contributed by atoms with van der Waals surface area (Å²) in [6.45, 7) is 6.50. The van der Waals surface area contributed by atoms with E-state index >= 15 is 0 Å². The largest absolute Gasteiger partial charge is 0.465 e. The highest BCUT2D eigenvalue weighted by Crippen LogP contribution is 2.36. The van der Waals surface area contributed by atoms with Crippen LogP contribution in [0.3, 0.4) is 0 Å². The summed E-state index contributed by atoms with van der Waals surface area (Å²) >= 11 is 0. The summed E-state index contributed by atoms with van der Waals surface area (Å²) in [6, 6.07) is 24.5. The van der Waals surface area contributed by atoms with E-state index in [0.717, 1.165) is 61.5 Å². The van der Waals surface area contributed by atoms with Crippen LogP contribution in [0, 0.1) is 20.8 Å². The Hall–Kier alpha value is -5.49. The summed E-state index contributed by atoms with van der Waals surface area (Å²) in [7, 11) is 3.49. The molecule has 0 fully saturated rings. The highest BCUT2D eigenvalue weighted by molar-refractivity contribution is 5.95. The molecular formula is C38H32N4O2. The Kier molecular flexibility index (Phi) is 6.62. The van der Waals surface area contributed by atoms with E-state index in [9.17, 15) is 4.79 Å². The average molecular weight is 577 g/mol. The van der Waals surface area contributed by atoms with Crippen molar-refractivity contribution in [2.75, 3.05) is 7.11 Å². The second-order valence-electron chi connectivity index (χ2n) is 11.4. The zero-order valence-electron chi connectivity index (χ0n) is 25.4. The molecule has 0 saturated heterocycles. The van der Waals surface area contributed by atoms with E-state index in [1.165, 1.54) is 29.4 Å². The first-order valence-electron chi connectivity index (χ1n) is 14.6. The zero-order valence-corrected chi connectivity index (χ0v) is 25.4. The van der Waals surface area contributed by atoms with Crippen molar-refractivity contribution >= 4 is 52.3 Å². The van der Waals surface area contributed by atoms with Crippen molar-refractivity contribution in [2.45, 2.75) is 20.8 Å². The molecule has 0 atom stereocenters. The van der Waals surface area contributed by atoms with E-state index < -0.39 is 0 Å². The van der Waals surface area contributed by atoms with Crippen LogP contribution in [0.2, 0.25) is 0 Å². The number of ether oxygens (including phenoxy) is 1. The Morgan fingerprint density at radius 3 is 2.07 bits per heavy atom. The number of benzene rings is 2. The predicted octanol–water partition coefficient (Wildman–Crippen LogP) is 8.71. The number of carbonyl (C=O) groups excluding carboxylic acids is 1. The third-order valence-corrected chi connectivity index (χ3v) is 8.35. The van der Waals surface area contributed by atoms with Crippen molar-refractivity contribution in [2.24, 2.45) is 7.05 Å². The van der Waals surface area contributed by atoms with E-state index in [-0.39, 0.29) is 5.97 Å². The minimum atomic E-state index is -0.365. The van der Waals surface area contributed by atoms with Gasteiger partial charge in [0.1, 0.15) is 0 Å². The molecule has 5 heterocycles. The van der Waals surface area contributed by atoms with E-state index in [4.69, 9.17) is 14.7 Å². The number of fused-ring (bicyclic) bond motifs is 8. The number of H-pyrrole nitrogens is 1. The number of nitrogens with zero attached hydrogens (tertiary/aromatic N) is 3. The van der Waals surface area contributed by atoms with Crippen LogP contribution in [-0.4, -0.2) is 32.6 Å². The lowest BCUT2D eigenvalue weighted by atomic mass is 9.92. The molecule has 0 saturated carbocycles. The summed E-state index contributed by atoms with van der Waals surface area (Å²) in [6.07, 6.45) is 8.28. The van der Waals surface area contributed by atoms with Gasteiger partial charge in [0.15, 0.2) is 0 Å². The Balaban J connectivity index is 1.55. The second kappa shape index (κ2) is 10.7. The molecule has 6 heteroatoms. The van der Waals surface area contributed by atoms with Crippen LogP contribution < -0.4 is 0 Å². The van der Waals surface area contributed by atoms with E-state index in [1.54, 1.807) is 12.1 Å². The molecule has 5 aromatic rings. The Labute approximate surface area is 256 Å². The average Bonchev–Trinajstić information content (AvgIpc) is 3.81. The van der Waals surface area contributed by atoms with Gasteiger partial charge in [-0.3, -0.25) is 0 Å². The highest BCUT2D eigenvalue weighted by Gasteiger charge is 2.17. The number of nitrogens with one attached hydrogen (secondary N) is 1. The quantitative estimate of drug-likeness (QED) is 0.214. The molecule has 0 spiro atoms. The van der Waals surface area contributed by atoms with E-state index in [1.807, 2.05) is 24.3 Å². The minimum Gasteiger partial charge on any atom is -0.465 e. The van der Waals surface area contributed by atoms with Gasteiger partial charge in [0, 0.05) is 34.7 Å². The molecular weight excluding hydrogens is 544 g/mol. The van der Waals surface area contributed by atoms with Crippen LogP contribution in [0.4, 0.5) is 0 Å². The smallest absolute Gasteiger partial charge is 0.337 e. The minimum absolute atomic E-state index is 0.365. The first kappa shape index (κ1) is 27.3. The van der Waals surface area contributed by atoms with Crippen molar-refractivity contribution < 1.29 is 9.53 Å². The summed E-state index contributed by atoms with van der Waals surface area (Å²) in [5.41, 5.74) is 15.9. The highest BCUT2D eigenvalue weighted by atomic mass is 16.5. The van der Waals surface area contributed by atoms with E-state index in [0.29, 0.717) is 5.56 Å². The van der Waals surface area contributed by atoms with Crippen LogP contribution in [0.25, 0.3) is 68.6 Å². The Bertz CT molecular complexity index is 2190. The topological polar surface area (TPSA) is 72.8 Å². The Morgan fingerprint density at radius 1 is 0.727 bits per heavy atom. The molecule has 8 bridgehead atoms. The summed E-state index contributed by atoms with van der Waals surface area (Å²) in [5.74, 6) is -0.365. The fraction of sp³-hybridized carbons (Fsp3) is 0.132. The normalized spacial score (nSPS) is 12.1. The third kappa shape index (κ3) is 4.74. The molecule has 3 aromatic heterocycles. The maximum atomic E-state index is 12.1. The van der Waals surface area contributed by atoms with Crippen molar-refractivity contribution in [3.05, 3.63) is 118 Å². The third-order valence-electron chi connectivity index (χ3n) is 8.35. The predicted molar refractivity (Wildman–Crippen MR) is 180 cm³/mol. The number of hydrogen-bond donors (Lipinski definition) is 1. The molecule has 0 aliphatic carbocycles. The van der Waals surface area contributed by atoms with Gasteiger partial charge in [-0.2, -0.15) is 0 Å². The van der Waals surface area contributed by atoms with Crippen LogP contribution >= 0.6 is 0 Å². The molecule has 7 rings (SSSR count). The number of aromatic nitrogens is 4. The number of hydrogen-bond acceptors (Lipinski definition) is 4. The Morgan fingerprint density at radius 2 is 1.39 bits per heavy atom. The fourth-order valence-electron chi connectivity index (χ4n) is 6.36. The monoisotopic (exact) mass is 576 g/mol. The van der Waals surface area contributed by atoms with Crippen LogP contribution in [0.15, 0.2) is 72.8 Å². The van der Waals surface area contributed by atoms with Gasteiger partial charge in [-0.15, -0.1) is 0 Å². The lowest BCUT2D eigenvalue weighted by molar-refractivity contribution is 0.0600. The zero-order chi connectivity index (χ0) is 30.5. The van der Waals surface area contributed by atoms with Crippen LogP contribution in [0.5, 0.6) is 0 Å². The van der Waals surface area contributed by atoms with Crippen molar-refractivity contribution in [3.63, 3.8) is 0 Å². The van der Waals surface area contributed by atoms with Gasteiger partial charge in [0.2, 0.25) is 0 Å². The molecule has 2 aliphatic heterocycles. The summed E-state index contributed by atoms with van der Waals surface area (Å²) < 4.78 is 7.12. The molecule has 6 nitrogen and oxygen atoms in total. The van der Waals surface area contributed by atoms with Crippen LogP contribution in [-0.2, 0) is 11.8 Å². The van der Waals surface area contributed by atoms with Gasteiger partial charge in [-0.25, -0.2) is 14.8 Å². The number of aryl methyl sites for hydroxylation is 4. The van der Waals surface area contributed by atoms with E-state index in [2.05, 4.69) is 98.1 Å². The van der Waals surface area contributed by atoms with Crippen LogP contribution in [0.1, 0.15) is 49.8 Å². The molecule has 0 unspecified atom stereocenters. The van der Waals surface area contributed by atoms with Crippen molar-refractivity contribution in [1.29, 1.82) is 0 Å². The lowest BCUT2D eigenvalue weighted by Gasteiger charge is -2.14. The van der Waals surface area contributed by atoms with Gasteiger partial charge in [0.25, 0.3) is 0 Å². The van der Waals surface area contributed by atoms with Crippen molar-refractivity contribution in [1.82, 2.24) is 19.5 Å². The molecule has 1 N–H and O–H groups in total. The summed E-state index contributed by atoms with van der Waals surface area (Å²) in [5, 5.41) is 0. The maximum absolute atomic E-state index is 12.1. The molecule has 216 valence electrons. The van der Waals surface area contributed by atoms with Gasteiger partial charge < -0.3 is 14.3 Å². The maximum Gasteiger partial charge on any atom is 0.337 e. The van der Waals surface area contributed by atoms with Gasteiger partial charge in [0.05, 0.1) is 41.0 Å². The van der Waals surface area contributed by atoms with Crippen molar-refractivity contribution in [3.8, 4) is 22.3 Å². The molecule has 2 aliphatic rings. The SMILES string of the molecule is COC(=O)c1ccc(-c2c3nc(cc4ccc(c(-c5c(C)cc(C)cc5C)c5nc(cc6ccc2[nH]6)C=C5)n4C)C=C3)cc1. The van der Waals surface area contributed by atoms with Gasteiger partial charge >= 0.3 is 5.97 Å². The first-order chi connectivity index (χ1) is 21.3. The number of methoxy groups -OCH3 is 1. The summed E-state index contributed by atoms with van der Waals surface area (Å²) in [4.78, 5) is 25.9. The molecule has 0 radical (unpaired) electrons. The lowest BCUT2D eigenvalue weighted by Crippen LogP contribution is -2.00. The van der Waals surface area contributed by atoms with Gasteiger partial charge in [-0.05, 0) is 116 Å². The fourth-order valence-corrected chi connectivity index (χ4v) is 6.36. The molecule has 2 aromatic carbocycles. The number of carbonyl (C=O) groups is 1. The number of aromatic amines is 1.